The van der Waals surface area contributed by atoms with Crippen LogP contribution in [-0.2, 0) is 16.0 Å². The van der Waals surface area contributed by atoms with Crippen LogP contribution < -0.4 is 15.5 Å². The minimum atomic E-state index is -0.312. The number of para-hydroxylation sites is 2. The SMILES string of the molecule is Cc1cccc(C)c1NC(=O)CNC(=O)CN1CCCc2cccc(F)c21. The zero-order valence-electron chi connectivity index (χ0n) is 15.6. The summed E-state index contributed by atoms with van der Waals surface area (Å²) in [7, 11) is 0. The Morgan fingerprint density at radius 1 is 1.07 bits per heavy atom. The third-order valence-electron chi connectivity index (χ3n) is 4.79. The molecule has 0 unspecified atom stereocenters. The van der Waals surface area contributed by atoms with Crippen molar-refractivity contribution in [2.45, 2.75) is 26.7 Å². The number of nitrogens with zero attached hydrogens (tertiary/aromatic N) is 1. The zero-order chi connectivity index (χ0) is 19.4. The lowest BCUT2D eigenvalue weighted by Gasteiger charge is -2.31. The summed E-state index contributed by atoms with van der Waals surface area (Å²) in [5.41, 5.74) is 4.12. The minimum absolute atomic E-state index is 0.0323. The Morgan fingerprint density at radius 2 is 1.78 bits per heavy atom. The molecule has 1 heterocycles. The van der Waals surface area contributed by atoms with E-state index in [2.05, 4.69) is 10.6 Å². The third-order valence-corrected chi connectivity index (χ3v) is 4.79. The Bertz CT molecular complexity index is 846. The van der Waals surface area contributed by atoms with Gasteiger partial charge in [0.1, 0.15) is 5.82 Å². The topological polar surface area (TPSA) is 61.4 Å². The van der Waals surface area contributed by atoms with E-state index < -0.39 is 0 Å². The molecule has 5 nitrogen and oxygen atoms in total. The smallest absolute Gasteiger partial charge is 0.243 e. The molecule has 142 valence electrons. The van der Waals surface area contributed by atoms with E-state index in [4.69, 9.17) is 0 Å². The van der Waals surface area contributed by atoms with Gasteiger partial charge >= 0.3 is 0 Å². The Kier molecular flexibility index (Phi) is 5.74. The molecule has 2 amide bonds. The van der Waals surface area contributed by atoms with E-state index in [1.54, 1.807) is 11.0 Å². The quantitative estimate of drug-likeness (QED) is 0.852. The number of carbonyl (C=O) groups excluding carboxylic acids is 2. The van der Waals surface area contributed by atoms with Crippen LogP contribution in [-0.4, -0.2) is 31.4 Å². The zero-order valence-corrected chi connectivity index (χ0v) is 15.6. The number of carbonyl (C=O) groups is 2. The largest absolute Gasteiger partial charge is 0.360 e. The number of hydrogen-bond donors (Lipinski definition) is 2. The van der Waals surface area contributed by atoms with Gasteiger partial charge in [-0.1, -0.05) is 30.3 Å². The predicted molar refractivity (Wildman–Crippen MR) is 104 cm³/mol. The van der Waals surface area contributed by atoms with Crippen molar-refractivity contribution >= 4 is 23.2 Å². The molecule has 0 spiro atoms. The lowest BCUT2D eigenvalue weighted by atomic mass is 10.0. The molecule has 1 aliphatic heterocycles. The number of halogens is 1. The van der Waals surface area contributed by atoms with Crippen LogP contribution in [0.5, 0.6) is 0 Å². The maximum absolute atomic E-state index is 14.2. The van der Waals surface area contributed by atoms with E-state index >= 15 is 0 Å². The van der Waals surface area contributed by atoms with Gasteiger partial charge in [0.25, 0.3) is 0 Å². The molecular weight excluding hydrogens is 345 g/mol. The van der Waals surface area contributed by atoms with E-state index in [-0.39, 0.29) is 30.7 Å². The van der Waals surface area contributed by atoms with Gasteiger partial charge in [0.15, 0.2) is 0 Å². The molecule has 0 aliphatic carbocycles. The highest BCUT2D eigenvalue weighted by Gasteiger charge is 2.22. The maximum atomic E-state index is 14.2. The van der Waals surface area contributed by atoms with Crippen LogP contribution in [0.2, 0.25) is 0 Å². The second-order valence-corrected chi connectivity index (χ2v) is 6.86. The Labute approximate surface area is 158 Å². The van der Waals surface area contributed by atoms with Crippen LogP contribution in [0.3, 0.4) is 0 Å². The normalized spacial score (nSPS) is 13.1. The monoisotopic (exact) mass is 369 g/mol. The summed E-state index contributed by atoms with van der Waals surface area (Å²) < 4.78 is 14.2. The molecule has 0 atom stereocenters. The van der Waals surface area contributed by atoms with Crippen molar-refractivity contribution in [3.63, 3.8) is 0 Å². The van der Waals surface area contributed by atoms with Crippen LogP contribution in [0, 0.1) is 19.7 Å². The first-order valence-electron chi connectivity index (χ1n) is 9.11. The lowest BCUT2D eigenvalue weighted by molar-refractivity contribution is -0.123. The number of rotatable bonds is 5. The molecule has 1 aliphatic rings. The van der Waals surface area contributed by atoms with Gasteiger partial charge in [-0.3, -0.25) is 9.59 Å². The number of nitrogens with one attached hydrogen (secondary N) is 2. The molecule has 0 radical (unpaired) electrons. The molecule has 2 N–H and O–H groups in total. The maximum Gasteiger partial charge on any atom is 0.243 e. The van der Waals surface area contributed by atoms with Gasteiger partial charge in [0.2, 0.25) is 11.8 Å². The lowest BCUT2D eigenvalue weighted by Crippen LogP contribution is -2.42. The average Bonchev–Trinajstić information content (AvgIpc) is 2.63. The van der Waals surface area contributed by atoms with Crippen LogP contribution in [0.15, 0.2) is 36.4 Å². The van der Waals surface area contributed by atoms with Gasteiger partial charge in [-0.05, 0) is 49.4 Å². The Balaban J connectivity index is 1.56. The first-order valence-corrected chi connectivity index (χ1v) is 9.11. The standard InChI is InChI=1S/C21H24FN3O2/c1-14-6-3-7-15(2)20(14)24-18(26)12-23-19(27)13-25-11-5-9-16-8-4-10-17(22)21(16)25/h3-4,6-8,10H,5,9,11-13H2,1-2H3,(H,23,27)(H,24,26). The molecule has 6 heteroatoms. The number of benzene rings is 2. The van der Waals surface area contributed by atoms with E-state index in [1.165, 1.54) is 6.07 Å². The molecular formula is C21H24FN3O2. The fraction of sp³-hybridized carbons (Fsp3) is 0.333. The Morgan fingerprint density at radius 3 is 2.52 bits per heavy atom. The molecule has 0 fully saturated rings. The van der Waals surface area contributed by atoms with Crippen molar-refractivity contribution in [1.29, 1.82) is 0 Å². The van der Waals surface area contributed by atoms with Gasteiger partial charge < -0.3 is 15.5 Å². The van der Waals surface area contributed by atoms with Crippen molar-refractivity contribution in [2.24, 2.45) is 0 Å². The van der Waals surface area contributed by atoms with Crippen molar-refractivity contribution in [3.05, 3.63) is 58.9 Å². The molecule has 0 saturated carbocycles. The van der Waals surface area contributed by atoms with Gasteiger partial charge in [0.05, 0.1) is 18.8 Å². The van der Waals surface area contributed by atoms with Crippen molar-refractivity contribution in [1.82, 2.24) is 5.32 Å². The summed E-state index contributed by atoms with van der Waals surface area (Å²) in [6.45, 7) is 4.37. The van der Waals surface area contributed by atoms with Gasteiger partial charge in [-0.2, -0.15) is 0 Å². The van der Waals surface area contributed by atoms with Gasteiger partial charge in [-0.15, -0.1) is 0 Å². The summed E-state index contributed by atoms with van der Waals surface area (Å²) >= 11 is 0. The Hall–Kier alpha value is -2.89. The number of fused-ring (bicyclic) bond motifs is 1. The van der Waals surface area contributed by atoms with Gasteiger partial charge in [-0.25, -0.2) is 4.39 Å². The van der Waals surface area contributed by atoms with E-state index in [9.17, 15) is 14.0 Å². The highest BCUT2D eigenvalue weighted by molar-refractivity contribution is 5.96. The fourth-order valence-electron chi connectivity index (χ4n) is 3.45. The van der Waals surface area contributed by atoms with Crippen LogP contribution >= 0.6 is 0 Å². The molecule has 27 heavy (non-hydrogen) atoms. The number of anilines is 2. The van der Waals surface area contributed by atoms with E-state index in [0.29, 0.717) is 12.2 Å². The first kappa shape index (κ1) is 18.9. The summed E-state index contributed by atoms with van der Waals surface area (Å²) in [6.07, 6.45) is 1.68. The molecule has 3 rings (SSSR count). The minimum Gasteiger partial charge on any atom is -0.360 e. The first-order chi connectivity index (χ1) is 13.0. The second-order valence-electron chi connectivity index (χ2n) is 6.86. The summed E-state index contributed by atoms with van der Waals surface area (Å²) in [4.78, 5) is 26.2. The molecule has 2 aromatic rings. The predicted octanol–water partition coefficient (Wildman–Crippen LogP) is 2.95. The summed E-state index contributed by atoms with van der Waals surface area (Å²) in [6, 6.07) is 10.8. The van der Waals surface area contributed by atoms with E-state index in [1.807, 2.05) is 38.1 Å². The summed E-state index contributed by atoms with van der Waals surface area (Å²) in [5.74, 6) is -0.901. The summed E-state index contributed by atoms with van der Waals surface area (Å²) in [5, 5.41) is 5.46. The molecule has 2 aromatic carbocycles. The van der Waals surface area contributed by atoms with Crippen LogP contribution in [0.4, 0.5) is 15.8 Å². The average molecular weight is 369 g/mol. The van der Waals surface area contributed by atoms with E-state index in [0.717, 1.165) is 35.2 Å². The highest BCUT2D eigenvalue weighted by atomic mass is 19.1. The fourth-order valence-corrected chi connectivity index (χ4v) is 3.45. The molecule has 0 bridgehead atoms. The van der Waals surface area contributed by atoms with Gasteiger partial charge in [0, 0.05) is 12.2 Å². The van der Waals surface area contributed by atoms with Crippen LogP contribution in [0.1, 0.15) is 23.1 Å². The number of hydrogen-bond acceptors (Lipinski definition) is 3. The number of aryl methyl sites for hydroxylation is 3. The van der Waals surface area contributed by atoms with Crippen molar-refractivity contribution in [2.75, 3.05) is 29.9 Å². The van der Waals surface area contributed by atoms with Crippen LogP contribution in [0.25, 0.3) is 0 Å². The highest BCUT2D eigenvalue weighted by Crippen LogP contribution is 2.29. The second kappa shape index (κ2) is 8.20. The molecule has 0 saturated heterocycles. The molecule has 0 aromatic heterocycles. The third kappa shape index (κ3) is 4.45. The van der Waals surface area contributed by atoms with Crippen molar-refractivity contribution in [3.8, 4) is 0 Å². The number of amides is 2. The van der Waals surface area contributed by atoms with Crippen molar-refractivity contribution < 1.29 is 14.0 Å².